The van der Waals surface area contributed by atoms with Crippen LogP contribution in [0, 0.1) is 11.7 Å². The van der Waals surface area contributed by atoms with E-state index in [2.05, 4.69) is 18.4 Å². The maximum absolute atomic E-state index is 13.2. The number of hydrogen-bond acceptors (Lipinski definition) is 5. The Morgan fingerprint density at radius 1 is 1.06 bits per heavy atom. The van der Waals surface area contributed by atoms with Gasteiger partial charge in [0.1, 0.15) is 5.82 Å². The molecule has 1 saturated heterocycles. The number of rotatable bonds is 6. The normalized spacial score (nSPS) is 15.6. The number of nitrogens with zero attached hydrogens (tertiary/aromatic N) is 3. The van der Waals surface area contributed by atoms with Gasteiger partial charge in [-0.05, 0) is 47.9 Å². The van der Waals surface area contributed by atoms with Crippen molar-refractivity contribution in [1.29, 1.82) is 0 Å². The predicted molar refractivity (Wildman–Crippen MR) is 134 cm³/mol. The zero-order valence-electron chi connectivity index (χ0n) is 18.5. The van der Waals surface area contributed by atoms with Crippen molar-refractivity contribution in [2.75, 3.05) is 26.3 Å². The van der Waals surface area contributed by atoms with Crippen LogP contribution >= 0.6 is 28.3 Å². The molecule has 1 aromatic heterocycles. The molecule has 0 saturated carbocycles. The van der Waals surface area contributed by atoms with Gasteiger partial charge in [-0.3, -0.25) is 0 Å². The van der Waals surface area contributed by atoms with Crippen molar-refractivity contribution in [3.63, 3.8) is 0 Å². The highest BCUT2D eigenvalue weighted by Gasteiger charge is 2.26. The Balaban J connectivity index is 0.00000306. The molecule has 1 aliphatic heterocycles. The first-order valence-electron chi connectivity index (χ1n) is 10.5. The van der Waals surface area contributed by atoms with Gasteiger partial charge in [-0.25, -0.2) is 17.8 Å². The van der Waals surface area contributed by atoms with Crippen molar-refractivity contribution < 1.29 is 17.5 Å². The lowest BCUT2D eigenvalue weighted by molar-refractivity contribution is 0.0730. The number of morpholine rings is 1. The van der Waals surface area contributed by atoms with E-state index >= 15 is 0 Å². The molecular weight excluding hydrogens is 529 g/mol. The smallest absolute Gasteiger partial charge is 0.243 e. The minimum Gasteiger partial charge on any atom is -0.379 e. The summed E-state index contributed by atoms with van der Waals surface area (Å²) >= 11 is 1.51. The lowest BCUT2D eigenvalue weighted by atomic mass is 10.1. The molecule has 3 aromatic rings. The fourth-order valence-corrected chi connectivity index (χ4v) is 5.90. The summed E-state index contributed by atoms with van der Waals surface area (Å²) < 4.78 is 47.9. The van der Waals surface area contributed by atoms with Crippen LogP contribution in [0.3, 0.4) is 0 Å². The van der Waals surface area contributed by atoms with Gasteiger partial charge >= 0.3 is 0 Å². The SMILES string of the molecule is Br.CC(C)Cn1c(-c2ccc(S(=O)(=O)N3CCOCC3)cc2)csc1=Nc1ccc(F)cc1. The fourth-order valence-electron chi connectivity index (χ4n) is 3.55. The molecule has 2 heterocycles. The summed E-state index contributed by atoms with van der Waals surface area (Å²) in [7, 11) is -3.53. The lowest BCUT2D eigenvalue weighted by Crippen LogP contribution is -2.40. The molecule has 0 unspecified atom stereocenters. The predicted octanol–water partition coefficient (Wildman–Crippen LogP) is 4.84. The van der Waals surface area contributed by atoms with Gasteiger partial charge in [-0.15, -0.1) is 28.3 Å². The Kier molecular flexibility index (Phi) is 8.63. The molecule has 0 N–H and O–H groups in total. The van der Waals surface area contributed by atoms with Gasteiger partial charge in [-0.1, -0.05) is 26.0 Å². The van der Waals surface area contributed by atoms with E-state index in [1.54, 1.807) is 24.3 Å². The first kappa shape index (κ1) is 25.8. The van der Waals surface area contributed by atoms with Gasteiger partial charge in [0.25, 0.3) is 0 Å². The molecule has 0 bridgehead atoms. The summed E-state index contributed by atoms with van der Waals surface area (Å²) in [6.45, 7) is 6.60. The number of halogens is 2. The Morgan fingerprint density at radius 3 is 2.30 bits per heavy atom. The summed E-state index contributed by atoms with van der Waals surface area (Å²) in [5, 5.41) is 2.02. The summed E-state index contributed by atoms with van der Waals surface area (Å²) in [5.74, 6) is 0.0921. The molecule has 0 atom stereocenters. The molecular formula is C23H27BrFN3O3S2. The second-order valence-corrected chi connectivity index (χ2v) is 10.8. The Labute approximate surface area is 208 Å². The van der Waals surface area contributed by atoms with Gasteiger partial charge in [-0.2, -0.15) is 4.31 Å². The van der Waals surface area contributed by atoms with Crippen LogP contribution in [-0.4, -0.2) is 43.6 Å². The first-order chi connectivity index (χ1) is 15.3. The topological polar surface area (TPSA) is 63.9 Å². The maximum atomic E-state index is 13.2. The largest absolute Gasteiger partial charge is 0.379 e. The van der Waals surface area contributed by atoms with Gasteiger partial charge < -0.3 is 9.30 Å². The number of benzene rings is 2. The number of hydrogen-bond donors (Lipinski definition) is 0. The molecule has 178 valence electrons. The van der Waals surface area contributed by atoms with Crippen LogP contribution in [0.15, 0.2) is 63.8 Å². The van der Waals surface area contributed by atoms with Crippen molar-refractivity contribution in [3.05, 3.63) is 64.5 Å². The van der Waals surface area contributed by atoms with E-state index in [0.29, 0.717) is 37.9 Å². The van der Waals surface area contributed by atoms with Crippen molar-refractivity contribution in [1.82, 2.24) is 8.87 Å². The molecule has 1 aliphatic rings. The molecule has 0 amide bonds. The standard InChI is InChI=1S/C23H26FN3O3S2.BrH/c1-17(2)15-27-22(16-31-23(27)25-20-7-5-19(24)6-8-20)18-3-9-21(10-4-18)32(28,29)26-11-13-30-14-12-26;/h3-10,16-17H,11-15H2,1-2H3;1H. The van der Waals surface area contributed by atoms with E-state index < -0.39 is 10.0 Å². The van der Waals surface area contributed by atoms with E-state index in [1.807, 2.05) is 17.5 Å². The van der Waals surface area contributed by atoms with Crippen LogP contribution in [-0.2, 0) is 21.3 Å². The number of aromatic nitrogens is 1. The van der Waals surface area contributed by atoms with Crippen molar-refractivity contribution in [3.8, 4) is 11.3 Å². The van der Waals surface area contributed by atoms with E-state index in [1.165, 1.54) is 27.8 Å². The third-order valence-corrected chi connectivity index (χ3v) is 7.93. The third-order valence-electron chi connectivity index (χ3n) is 5.15. The van der Waals surface area contributed by atoms with Gasteiger partial charge in [0.05, 0.1) is 29.5 Å². The van der Waals surface area contributed by atoms with E-state index in [-0.39, 0.29) is 27.7 Å². The summed E-state index contributed by atoms with van der Waals surface area (Å²) in [6, 6.07) is 13.1. The molecule has 6 nitrogen and oxygen atoms in total. The van der Waals surface area contributed by atoms with Crippen molar-refractivity contribution in [2.24, 2.45) is 10.9 Å². The number of thiazole rings is 1. The van der Waals surface area contributed by atoms with Crippen LogP contribution in [0.25, 0.3) is 11.3 Å². The second kappa shape index (κ2) is 11.1. The fraction of sp³-hybridized carbons (Fsp3) is 0.348. The number of sulfonamides is 1. The minimum atomic E-state index is -3.53. The van der Waals surface area contributed by atoms with Gasteiger partial charge in [0.2, 0.25) is 10.0 Å². The van der Waals surface area contributed by atoms with Crippen LogP contribution in [0.1, 0.15) is 13.8 Å². The maximum Gasteiger partial charge on any atom is 0.243 e. The lowest BCUT2D eigenvalue weighted by Gasteiger charge is -2.26. The Bertz CT molecular complexity index is 1230. The molecule has 2 aromatic carbocycles. The van der Waals surface area contributed by atoms with Crippen LogP contribution in [0.2, 0.25) is 0 Å². The first-order valence-corrected chi connectivity index (χ1v) is 12.8. The zero-order chi connectivity index (χ0) is 22.7. The van der Waals surface area contributed by atoms with E-state index in [9.17, 15) is 12.8 Å². The van der Waals surface area contributed by atoms with Crippen molar-refractivity contribution >= 4 is 44.0 Å². The number of ether oxygens (including phenoxy) is 1. The minimum absolute atomic E-state index is 0. The molecule has 4 rings (SSSR count). The van der Waals surface area contributed by atoms with Crippen LogP contribution in [0.4, 0.5) is 10.1 Å². The van der Waals surface area contributed by atoms with Crippen LogP contribution < -0.4 is 4.80 Å². The second-order valence-electron chi connectivity index (χ2n) is 8.04. The van der Waals surface area contributed by atoms with Gasteiger partial charge in [0, 0.05) is 25.0 Å². The highest BCUT2D eigenvalue weighted by atomic mass is 79.9. The Hall–Kier alpha value is -1.85. The summed E-state index contributed by atoms with van der Waals surface area (Å²) in [6.07, 6.45) is 0. The quantitative estimate of drug-likeness (QED) is 0.437. The summed E-state index contributed by atoms with van der Waals surface area (Å²) in [5.41, 5.74) is 2.58. The van der Waals surface area contributed by atoms with E-state index in [4.69, 9.17) is 9.73 Å². The highest BCUT2D eigenvalue weighted by Crippen LogP contribution is 2.25. The highest BCUT2D eigenvalue weighted by molar-refractivity contribution is 8.93. The molecule has 0 spiro atoms. The van der Waals surface area contributed by atoms with E-state index in [0.717, 1.165) is 22.6 Å². The molecule has 0 radical (unpaired) electrons. The molecule has 33 heavy (non-hydrogen) atoms. The van der Waals surface area contributed by atoms with Crippen LogP contribution in [0.5, 0.6) is 0 Å². The molecule has 0 aliphatic carbocycles. The molecule has 1 fully saturated rings. The van der Waals surface area contributed by atoms with Crippen molar-refractivity contribution in [2.45, 2.75) is 25.3 Å². The molecule has 10 heteroatoms. The third kappa shape index (κ3) is 5.99. The Morgan fingerprint density at radius 2 is 1.70 bits per heavy atom. The monoisotopic (exact) mass is 555 g/mol. The zero-order valence-corrected chi connectivity index (χ0v) is 21.8. The average molecular weight is 557 g/mol. The van der Waals surface area contributed by atoms with Gasteiger partial charge in [0.15, 0.2) is 4.80 Å². The average Bonchev–Trinajstić information content (AvgIpc) is 3.17. The summed E-state index contributed by atoms with van der Waals surface area (Å²) in [4.78, 5) is 5.79.